The molecule has 11 N–H and O–H groups in total. The van der Waals surface area contributed by atoms with Gasteiger partial charge in [-0.25, -0.2) is 0 Å². The zero-order valence-corrected chi connectivity index (χ0v) is 18.2. The molecule has 0 aromatic carbocycles. The molecule has 0 radical (unpaired) electrons. The van der Waals surface area contributed by atoms with Crippen molar-refractivity contribution in [2.45, 2.75) is 64.5 Å². The normalized spacial score (nSPS) is 13.1. The summed E-state index contributed by atoms with van der Waals surface area (Å²) < 4.78 is 0. The Hall–Kier alpha value is -2.56. The summed E-state index contributed by atoms with van der Waals surface area (Å²) in [6.07, 6.45) is 1.77. The number of hydrogen-bond acceptors (Lipinski definition) is 5. The third-order valence-corrected chi connectivity index (χ3v) is 4.04. The van der Waals surface area contributed by atoms with E-state index in [9.17, 15) is 9.59 Å². The van der Waals surface area contributed by atoms with Gasteiger partial charge in [0.05, 0.1) is 13.1 Å². The summed E-state index contributed by atoms with van der Waals surface area (Å²) in [6, 6.07) is 0. The third kappa shape index (κ3) is 15.1. The van der Waals surface area contributed by atoms with Gasteiger partial charge in [0, 0.05) is 30.5 Å². The van der Waals surface area contributed by atoms with E-state index in [1.54, 1.807) is 0 Å². The van der Waals surface area contributed by atoms with E-state index >= 15 is 0 Å². The van der Waals surface area contributed by atoms with Gasteiger partial charge in [0.1, 0.15) is 0 Å². The fourth-order valence-corrected chi connectivity index (χ4v) is 2.43. The van der Waals surface area contributed by atoms with Gasteiger partial charge in [-0.1, -0.05) is 0 Å². The minimum Gasteiger partial charge on any atom is -0.370 e. The quantitative estimate of drug-likeness (QED) is 0.140. The maximum Gasteiger partial charge on any atom is 0.221 e. The highest BCUT2D eigenvalue weighted by atomic mass is 16.1. The van der Waals surface area contributed by atoms with E-state index in [2.05, 4.69) is 25.9 Å². The van der Waals surface area contributed by atoms with Gasteiger partial charge < -0.3 is 38.9 Å². The summed E-state index contributed by atoms with van der Waals surface area (Å²) in [4.78, 5) is 30.9. The molecule has 0 bridgehead atoms. The number of carbonyl (C=O) groups excluding carboxylic acids is 2. The van der Waals surface area contributed by atoms with Crippen molar-refractivity contribution in [3.05, 3.63) is 0 Å². The Labute approximate surface area is 173 Å². The van der Waals surface area contributed by atoms with Gasteiger partial charge in [-0.15, -0.1) is 0 Å². The molecule has 29 heavy (non-hydrogen) atoms. The second-order valence-corrected chi connectivity index (χ2v) is 8.16. The maximum absolute atomic E-state index is 12.0. The van der Waals surface area contributed by atoms with Crippen molar-refractivity contribution in [2.75, 3.05) is 26.2 Å². The van der Waals surface area contributed by atoms with Crippen LogP contribution in [0, 0.1) is 0 Å². The molecule has 0 aliphatic rings. The lowest BCUT2D eigenvalue weighted by molar-refractivity contribution is -0.121. The number of rotatable bonds is 13. The van der Waals surface area contributed by atoms with Gasteiger partial charge in [-0.05, 0) is 47.1 Å². The Balaban J connectivity index is 4.18. The van der Waals surface area contributed by atoms with Crippen molar-refractivity contribution in [2.24, 2.45) is 32.9 Å². The zero-order chi connectivity index (χ0) is 22.5. The molecule has 11 heteroatoms. The molecular weight excluding hydrogens is 374 g/mol. The summed E-state index contributed by atoms with van der Waals surface area (Å²) >= 11 is 0. The van der Waals surface area contributed by atoms with Crippen molar-refractivity contribution >= 4 is 23.7 Å². The number of nitrogens with zero attached hydrogens (tertiary/aromatic N) is 2. The van der Waals surface area contributed by atoms with E-state index in [0.717, 1.165) is 6.42 Å². The predicted octanol–water partition coefficient (Wildman–Crippen LogP) is -1.53. The van der Waals surface area contributed by atoms with Crippen LogP contribution < -0.4 is 38.9 Å². The van der Waals surface area contributed by atoms with Crippen LogP contribution in [0.1, 0.15) is 53.4 Å². The first-order valence-corrected chi connectivity index (χ1v) is 9.78. The molecule has 0 saturated carbocycles. The van der Waals surface area contributed by atoms with Gasteiger partial charge in [-0.2, -0.15) is 0 Å². The number of nitrogens with one attached hydrogen (secondary N) is 3. The molecule has 0 rings (SSSR count). The Bertz CT molecular complexity index is 586. The molecule has 0 heterocycles. The average Bonchev–Trinajstić information content (AvgIpc) is 2.52. The SMILES string of the molecule is CC(C)(CCN)NC(N)=NCCC(=O)NCCC(C)(C)NC(N)=NCCC(N)=O. The van der Waals surface area contributed by atoms with Crippen molar-refractivity contribution in [1.29, 1.82) is 0 Å². The molecule has 0 unspecified atom stereocenters. The van der Waals surface area contributed by atoms with Crippen LogP contribution in [0.25, 0.3) is 0 Å². The van der Waals surface area contributed by atoms with Gasteiger partial charge in [0.15, 0.2) is 11.9 Å². The van der Waals surface area contributed by atoms with E-state index in [1.165, 1.54) is 0 Å². The summed E-state index contributed by atoms with van der Waals surface area (Å²) in [5, 5.41) is 9.00. The lowest BCUT2D eigenvalue weighted by Gasteiger charge is -2.27. The minimum atomic E-state index is -0.426. The zero-order valence-electron chi connectivity index (χ0n) is 18.2. The Morgan fingerprint density at radius 2 is 1.31 bits per heavy atom. The fourth-order valence-electron chi connectivity index (χ4n) is 2.43. The van der Waals surface area contributed by atoms with Crippen molar-refractivity contribution < 1.29 is 9.59 Å². The first-order chi connectivity index (χ1) is 13.4. The summed E-state index contributed by atoms with van der Waals surface area (Å²) in [5.74, 6) is -0.00328. The van der Waals surface area contributed by atoms with Crippen LogP contribution >= 0.6 is 0 Å². The first kappa shape index (κ1) is 26.4. The smallest absolute Gasteiger partial charge is 0.221 e. The maximum atomic E-state index is 12.0. The van der Waals surface area contributed by atoms with Crippen LogP contribution in [0.4, 0.5) is 0 Å². The van der Waals surface area contributed by atoms with E-state index in [4.69, 9.17) is 22.9 Å². The molecule has 0 aliphatic heterocycles. The van der Waals surface area contributed by atoms with E-state index in [-0.39, 0.29) is 42.3 Å². The van der Waals surface area contributed by atoms with Crippen LogP contribution in [-0.2, 0) is 9.59 Å². The van der Waals surface area contributed by atoms with Crippen LogP contribution in [0.5, 0.6) is 0 Å². The highest BCUT2D eigenvalue weighted by Gasteiger charge is 2.18. The molecule has 0 atom stereocenters. The standard InChI is InChI=1S/C18H39N9O2/c1-17(2,7-9-19)26-16(22)25-11-6-14(29)23-12-8-18(3,4)27-15(21)24-10-5-13(20)28/h5-12,19H2,1-4H3,(H2,20,28)(H,23,29)(H3,21,24,27)(H3,22,25,26). The Kier molecular flexibility index (Phi) is 11.7. The number of guanidine groups is 2. The minimum absolute atomic E-state index is 0.110. The highest BCUT2D eigenvalue weighted by Crippen LogP contribution is 2.07. The molecule has 11 nitrogen and oxygen atoms in total. The molecule has 2 amide bonds. The summed E-state index contributed by atoms with van der Waals surface area (Å²) in [7, 11) is 0. The Morgan fingerprint density at radius 1 is 0.828 bits per heavy atom. The van der Waals surface area contributed by atoms with E-state index < -0.39 is 5.91 Å². The summed E-state index contributed by atoms with van der Waals surface area (Å²) in [5.41, 5.74) is 21.6. The van der Waals surface area contributed by atoms with Gasteiger partial charge in [0.2, 0.25) is 11.8 Å². The lowest BCUT2D eigenvalue weighted by atomic mass is 10.0. The molecule has 168 valence electrons. The largest absolute Gasteiger partial charge is 0.370 e. The second-order valence-electron chi connectivity index (χ2n) is 8.16. The van der Waals surface area contributed by atoms with Crippen LogP contribution in [0.3, 0.4) is 0 Å². The van der Waals surface area contributed by atoms with Gasteiger partial charge in [-0.3, -0.25) is 19.6 Å². The van der Waals surface area contributed by atoms with Crippen LogP contribution in [0.2, 0.25) is 0 Å². The van der Waals surface area contributed by atoms with Crippen LogP contribution in [0.15, 0.2) is 9.98 Å². The molecule has 0 aliphatic carbocycles. The Morgan fingerprint density at radius 3 is 1.79 bits per heavy atom. The number of carbonyl (C=O) groups is 2. The predicted molar refractivity (Wildman–Crippen MR) is 117 cm³/mol. The van der Waals surface area contributed by atoms with Gasteiger partial charge >= 0.3 is 0 Å². The van der Waals surface area contributed by atoms with Crippen molar-refractivity contribution in [3.63, 3.8) is 0 Å². The molecular formula is C18H39N9O2. The number of nitrogens with two attached hydrogens (primary N) is 4. The van der Waals surface area contributed by atoms with Crippen LogP contribution in [-0.4, -0.2) is 61.0 Å². The molecule has 0 aromatic heterocycles. The number of amides is 2. The summed E-state index contributed by atoms with van der Waals surface area (Å²) in [6.45, 7) is 9.40. The number of hydrogen-bond donors (Lipinski definition) is 7. The fraction of sp³-hybridized carbons (Fsp3) is 0.778. The molecule has 0 fully saturated rings. The van der Waals surface area contributed by atoms with E-state index in [0.29, 0.717) is 32.0 Å². The van der Waals surface area contributed by atoms with Crippen molar-refractivity contribution in [1.82, 2.24) is 16.0 Å². The topological polar surface area (TPSA) is 199 Å². The monoisotopic (exact) mass is 413 g/mol. The highest BCUT2D eigenvalue weighted by molar-refractivity contribution is 5.80. The molecule has 0 aromatic rings. The average molecular weight is 414 g/mol. The number of primary amides is 1. The second kappa shape index (κ2) is 12.8. The lowest BCUT2D eigenvalue weighted by Crippen LogP contribution is -2.49. The van der Waals surface area contributed by atoms with E-state index in [1.807, 2.05) is 27.7 Å². The molecule has 0 saturated heterocycles. The van der Waals surface area contributed by atoms with Gasteiger partial charge in [0.25, 0.3) is 0 Å². The first-order valence-electron chi connectivity index (χ1n) is 9.78. The third-order valence-electron chi connectivity index (χ3n) is 4.04. The van der Waals surface area contributed by atoms with Crippen molar-refractivity contribution in [3.8, 4) is 0 Å². The molecule has 0 spiro atoms. The number of aliphatic imine (C=N–C) groups is 2.